The molecule has 8 heteroatoms. The first-order chi connectivity index (χ1) is 14.4. The number of benzene rings is 1. The van der Waals surface area contributed by atoms with Crippen molar-refractivity contribution in [1.82, 2.24) is 19.6 Å². The fourth-order valence-corrected chi connectivity index (χ4v) is 4.41. The van der Waals surface area contributed by atoms with E-state index in [-0.39, 0.29) is 17.6 Å². The van der Waals surface area contributed by atoms with Gasteiger partial charge in [-0.15, -0.1) is 0 Å². The van der Waals surface area contributed by atoms with Gasteiger partial charge >= 0.3 is 5.97 Å². The number of nitrogens with zero attached hydrogens (tertiary/aromatic N) is 4. The number of aliphatic carboxylic acids is 1. The van der Waals surface area contributed by atoms with Crippen molar-refractivity contribution in [3.05, 3.63) is 52.6 Å². The number of rotatable bonds is 5. The molecule has 1 N–H and O–H groups in total. The Balaban J connectivity index is 1.41. The van der Waals surface area contributed by atoms with Gasteiger partial charge < -0.3 is 10.0 Å². The van der Waals surface area contributed by atoms with Crippen LogP contribution >= 0.6 is 0 Å². The zero-order chi connectivity index (χ0) is 21.3. The van der Waals surface area contributed by atoms with E-state index < -0.39 is 5.97 Å². The fourth-order valence-electron chi connectivity index (χ4n) is 4.41. The Morgan fingerprint density at radius 1 is 1.17 bits per heavy atom. The average molecular weight is 414 g/mol. The van der Waals surface area contributed by atoms with Crippen LogP contribution in [0, 0.1) is 18.7 Å². The minimum atomic E-state index is -0.741. The lowest BCUT2D eigenvalue weighted by atomic mass is 9.97. The third-order valence-corrected chi connectivity index (χ3v) is 6.23. The quantitative estimate of drug-likeness (QED) is 0.810. The summed E-state index contributed by atoms with van der Waals surface area (Å²) in [5.41, 5.74) is 4.19. The number of piperidine rings is 1. The van der Waals surface area contributed by atoms with Crippen LogP contribution in [0.25, 0.3) is 0 Å². The third kappa shape index (κ3) is 4.38. The number of aryl methyl sites for hydroxylation is 1. The maximum Gasteiger partial charge on any atom is 0.306 e. The van der Waals surface area contributed by atoms with Crippen LogP contribution in [0.1, 0.15) is 35.4 Å². The van der Waals surface area contributed by atoms with E-state index in [4.69, 9.17) is 5.11 Å². The summed E-state index contributed by atoms with van der Waals surface area (Å²) >= 11 is 0. The predicted molar refractivity (Wildman–Crippen MR) is 108 cm³/mol. The number of carboxylic acid groups (broad SMARTS) is 1. The van der Waals surface area contributed by atoms with Crippen molar-refractivity contribution < 1.29 is 19.1 Å². The maximum atomic E-state index is 13.2. The number of carbonyl (C=O) groups is 2. The smallest absolute Gasteiger partial charge is 0.306 e. The van der Waals surface area contributed by atoms with E-state index in [0.29, 0.717) is 52.1 Å². The summed E-state index contributed by atoms with van der Waals surface area (Å²) in [7, 11) is 0. The first-order valence-electron chi connectivity index (χ1n) is 10.4. The number of hydrogen-bond acceptors (Lipinski definition) is 4. The largest absolute Gasteiger partial charge is 0.481 e. The lowest BCUT2D eigenvalue weighted by molar-refractivity contribution is -0.143. The standard InChI is InChI=1S/C22H27FN4O3/c1-15-19-8-11-26(21(28)14-25-9-6-17(7-10-25)22(29)30)13-20(19)27(24-15)12-16-2-4-18(23)5-3-16/h2-5,17H,6-14H2,1H3,(H,29,30). The Morgan fingerprint density at radius 3 is 2.53 bits per heavy atom. The SMILES string of the molecule is Cc1nn(Cc2ccc(F)cc2)c2c1CCN(C(=O)CN1CCC(C(=O)O)CC1)C2. The Labute approximate surface area is 175 Å². The topological polar surface area (TPSA) is 78.7 Å². The van der Waals surface area contributed by atoms with Crippen LogP contribution in [0.2, 0.25) is 0 Å². The van der Waals surface area contributed by atoms with E-state index in [9.17, 15) is 14.0 Å². The number of halogens is 1. The molecule has 0 aliphatic carbocycles. The van der Waals surface area contributed by atoms with E-state index in [1.807, 2.05) is 16.5 Å². The van der Waals surface area contributed by atoms with E-state index in [0.717, 1.165) is 23.4 Å². The molecule has 7 nitrogen and oxygen atoms in total. The summed E-state index contributed by atoms with van der Waals surface area (Å²) in [5, 5.41) is 13.8. The minimum absolute atomic E-state index is 0.0709. The minimum Gasteiger partial charge on any atom is -0.481 e. The normalized spacial score (nSPS) is 17.7. The number of fused-ring (bicyclic) bond motifs is 1. The molecule has 0 bridgehead atoms. The Morgan fingerprint density at radius 2 is 1.87 bits per heavy atom. The van der Waals surface area contributed by atoms with E-state index in [2.05, 4.69) is 10.00 Å². The van der Waals surface area contributed by atoms with Gasteiger partial charge in [-0.25, -0.2) is 4.39 Å². The van der Waals surface area contributed by atoms with Gasteiger partial charge in [-0.3, -0.25) is 19.2 Å². The van der Waals surface area contributed by atoms with Gasteiger partial charge in [0, 0.05) is 6.54 Å². The van der Waals surface area contributed by atoms with Crippen molar-refractivity contribution >= 4 is 11.9 Å². The van der Waals surface area contributed by atoms with Crippen molar-refractivity contribution in [2.75, 3.05) is 26.2 Å². The molecule has 1 aromatic carbocycles. The van der Waals surface area contributed by atoms with Gasteiger partial charge in [0.2, 0.25) is 5.91 Å². The molecule has 1 amide bonds. The maximum absolute atomic E-state index is 13.2. The number of hydrogen-bond donors (Lipinski definition) is 1. The summed E-state index contributed by atoms with van der Waals surface area (Å²) in [4.78, 5) is 27.9. The van der Waals surface area contributed by atoms with Crippen LogP contribution in [0.5, 0.6) is 0 Å². The van der Waals surface area contributed by atoms with Crippen LogP contribution < -0.4 is 0 Å². The van der Waals surface area contributed by atoms with Crippen LogP contribution in [-0.4, -0.2) is 62.7 Å². The van der Waals surface area contributed by atoms with Crippen LogP contribution in [-0.2, 0) is 29.1 Å². The number of carbonyl (C=O) groups excluding carboxylic acids is 1. The molecule has 160 valence electrons. The lowest BCUT2D eigenvalue weighted by Gasteiger charge is -2.33. The highest BCUT2D eigenvalue weighted by Gasteiger charge is 2.29. The summed E-state index contributed by atoms with van der Waals surface area (Å²) in [6, 6.07) is 6.40. The molecule has 2 aromatic rings. The summed E-state index contributed by atoms with van der Waals surface area (Å²) < 4.78 is 15.1. The Kier molecular flexibility index (Phi) is 5.85. The second-order valence-corrected chi connectivity index (χ2v) is 8.25. The molecular formula is C22H27FN4O3. The van der Waals surface area contributed by atoms with Crippen LogP contribution in [0.4, 0.5) is 4.39 Å². The molecule has 0 unspecified atom stereocenters. The number of aromatic nitrogens is 2. The molecule has 4 rings (SSSR count). The number of amides is 1. The third-order valence-electron chi connectivity index (χ3n) is 6.23. The van der Waals surface area contributed by atoms with Crippen LogP contribution in [0.3, 0.4) is 0 Å². The second-order valence-electron chi connectivity index (χ2n) is 8.25. The molecule has 1 aromatic heterocycles. The first-order valence-corrected chi connectivity index (χ1v) is 10.4. The molecule has 0 spiro atoms. The van der Waals surface area contributed by atoms with Gasteiger partial charge in [-0.1, -0.05) is 12.1 Å². The van der Waals surface area contributed by atoms with Gasteiger partial charge in [0.05, 0.1) is 36.9 Å². The fraction of sp³-hybridized carbons (Fsp3) is 0.500. The monoisotopic (exact) mass is 414 g/mol. The van der Waals surface area contributed by atoms with Crippen molar-refractivity contribution in [2.24, 2.45) is 5.92 Å². The lowest BCUT2D eigenvalue weighted by Crippen LogP contribution is -2.45. The summed E-state index contributed by atoms with van der Waals surface area (Å²) in [5.74, 6) is -1.23. The molecule has 2 aliphatic heterocycles. The van der Waals surface area contributed by atoms with E-state index in [1.165, 1.54) is 17.7 Å². The molecule has 2 aliphatic rings. The van der Waals surface area contributed by atoms with Gasteiger partial charge in [0.25, 0.3) is 0 Å². The summed E-state index contributed by atoms with van der Waals surface area (Å²) in [6.07, 6.45) is 1.96. The van der Waals surface area contributed by atoms with E-state index >= 15 is 0 Å². The number of carboxylic acids is 1. The zero-order valence-electron chi connectivity index (χ0n) is 17.2. The molecule has 30 heavy (non-hydrogen) atoms. The number of likely N-dealkylation sites (tertiary alicyclic amines) is 1. The van der Waals surface area contributed by atoms with Gasteiger partial charge in [-0.05, 0) is 62.5 Å². The molecule has 0 radical (unpaired) electrons. The highest BCUT2D eigenvalue weighted by molar-refractivity contribution is 5.78. The second kappa shape index (κ2) is 8.55. The van der Waals surface area contributed by atoms with Gasteiger partial charge in [0.15, 0.2) is 0 Å². The van der Waals surface area contributed by atoms with Crippen molar-refractivity contribution in [2.45, 2.75) is 39.3 Å². The van der Waals surface area contributed by atoms with E-state index in [1.54, 1.807) is 12.1 Å². The molecule has 0 saturated carbocycles. The van der Waals surface area contributed by atoms with Crippen LogP contribution in [0.15, 0.2) is 24.3 Å². The molecule has 1 saturated heterocycles. The highest BCUT2D eigenvalue weighted by Crippen LogP contribution is 2.24. The van der Waals surface area contributed by atoms with Gasteiger partial charge in [0.1, 0.15) is 5.82 Å². The Hall–Kier alpha value is -2.74. The first kappa shape index (κ1) is 20.5. The zero-order valence-corrected chi connectivity index (χ0v) is 17.2. The van der Waals surface area contributed by atoms with Crippen molar-refractivity contribution in [3.63, 3.8) is 0 Å². The van der Waals surface area contributed by atoms with Crippen molar-refractivity contribution in [1.29, 1.82) is 0 Å². The summed E-state index contributed by atoms with van der Waals surface area (Å²) in [6.45, 7) is 5.33. The molecule has 1 fully saturated rings. The highest BCUT2D eigenvalue weighted by atomic mass is 19.1. The Bertz CT molecular complexity index is 933. The van der Waals surface area contributed by atoms with Gasteiger partial charge in [-0.2, -0.15) is 5.10 Å². The average Bonchev–Trinajstić information content (AvgIpc) is 3.05. The predicted octanol–water partition coefficient (Wildman–Crippen LogP) is 2.06. The van der Waals surface area contributed by atoms with Crippen molar-refractivity contribution in [3.8, 4) is 0 Å². The molecule has 3 heterocycles. The molecular weight excluding hydrogens is 387 g/mol. The molecule has 0 atom stereocenters.